The molecule has 0 aromatic rings. The number of hydrogen-bond donors (Lipinski definition) is 2. The van der Waals surface area contributed by atoms with Crippen LogP contribution in [0.1, 0.15) is 64.7 Å². The Morgan fingerprint density at radius 2 is 1.65 bits per heavy atom. The molecule has 0 spiro atoms. The lowest BCUT2D eigenvalue weighted by atomic mass is 10.1. The van der Waals surface area contributed by atoms with Crippen LogP contribution >= 0.6 is 0 Å². The molecule has 0 radical (unpaired) electrons. The maximum Gasteiger partial charge on any atom is 0.405 e. The van der Waals surface area contributed by atoms with Crippen molar-refractivity contribution >= 4 is 12.4 Å². The molecule has 0 saturated carbocycles. The highest BCUT2D eigenvalue weighted by atomic mass is 16.4. The number of carbonyl (C=O) groups is 2. The Morgan fingerprint density at radius 1 is 1.12 bits per heavy atom. The Hall–Kier alpha value is -1.06. The first-order valence-corrected chi connectivity index (χ1v) is 6.65. The van der Waals surface area contributed by atoms with Crippen LogP contribution in [-0.4, -0.2) is 23.5 Å². The van der Waals surface area contributed by atoms with E-state index in [-0.39, 0.29) is 0 Å². The molecule has 4 heteroatoms. The summed E-state index contributed by atoms with van der Waals surface area (Å²) in [5, 5.41) is 10.7. The van der Waals surface area contributed by atoms with Crippen molar-refractivity contribution in [1.82, 2.24) is 5.32 Å². The number of nitrogens with one attached hydrogen (secondary N) is 1. The van der Waals surface area contributed by atoms with Crippen molar-refractivity contribution in [2.75, 3.05) is 0 Å². The molecule has 2 N–H and O–H groups in total. The lowest BCUT2D eigenvalue weighted by molar-refractivity contribution is -0.109. The average molecular weight is 243 g/mol. The maximum absolute atomic E-state index is 10.6. The van der Waals surface area contributed by atoms with Gasteiger partial charge >= 0.3 is 6.09 Å². The minimum Gasteiger partial charge on any atom is -0.465 e. The van der Waals surface area contributed by atoms with Crippen molar-refractivity contribution in [3.05, 3.63) is 0 Å². The van der Waals surface area contributed by atoms with Gasteiger partial charge in [-0.05, 0) is 6.42 Å². The smallest absolute Gasteiger partial charge is 0.405 e. The van der Waals surface area contributed by atoms with Crippen LogP contribution in [0.4, 0.5) is 4.79 Å². The first-order chi connectivity index (χ1) is 8.20. The predicted octanol–water partition coefficient (Wildman–Crippen LogP) is 3.35. The summed E-state index contributed by atoms with van der Waals surface area (Å²) in [6, 6.07) is -0.535. The lowest BCUT2D eigenvalue weighted by Gasteiger charge is -2.09. The second kappa shape index (κ2) is 11.4. The molecule has 4 nitrogen and oxygen atoms in total. The molecule has 0 aliphatic heterocycles. The van der Waals surface area contributed by atoms with Gasteiger partial charge in [0.05, 0.1) is 6.04 Å². The van der Waals surface area contributed by atoms with Gasteiger partial charge in [-0.3, -0.25) is 0 Å². The van der Waals surface area contributed by atoms with Crippen LogP contribution in [0, 0.1) is 0 Å². The van der Waals surface area contributed by atoms with Gasteiger partial charge in [0.2, 0.25) is 0 Å². The van der Waals surface area contributed by atoms with E-state index in [1.807, 2.05) is 0 Å². The zero-order valence-corrected chi connectivity index (χ0v) is 10.8. The second-order valence-corrected chi connectivity index (χ2v) is 4.46. The number of hydrogen-bond acceptors (Lipinski definition) is 2. The third kappa shape index (κ3) is 11.2. The van der Waals surface area contributed by atoms with E-state index in [0.29, 0.717) is 12.7 Å². The summed E-state index contributed by atoms with van der Waals surface area (Å²) in [7, 11) is 0. The molecule has 1 atom stereocenters. The molecule has 0 saturated heterocycles. The number of carboxylic acid groups (broad SMARTS) is 1. The average Bonchev–Trinajstić information content (AvgIpc) is 2.30. The predicted molar refractivity (Wildman–Crippen MR) is 68.2 cm³/mol. The van der Waals surface area contributed by atoms with E-state index in [4.69, 9.17) is 5.11 Å². The molecule has 1 amide bonds. The third-order valence-electron chi connectivity index (χ3n) is 2.84. The van der Waals surface area contributed by atoms with E-state index >= 15 is 0 Å². The molecule has 0 fully saturated rings. The van der Waals surface area contributed by atoms with Gasteiger partial charge in [-0.2, -0.15) is 0 Å². The quantitative estimate of drug-likeness (QED) is 0.432. The van der Waals surface area contributed by atoms with Crippen molar-refractivity contribution in [1.29, 1.82) is 0 Å². The van der Waals surface area contributed by atoms with Gasteiger partial charge in [0.1, 0.15) is 6.29 Å². The molecule has 0 bridgehead atoms. The number of aldehydes is 1. The molecular formula is C13H25NO3. The number of amides is 1. The van der Waals surface area contributed by atoms with E-state index in [9.17, 15) is 9.59 Å². The first-order valence-electron chi connectivity index (χ1n) is 6.65. The van der Waals surface area contributed by atoms with Crippen LogP contribution in [0.25, 0.3) is 0 Å². The summed E-state index contributed by atoms with van der Waals surface area (Å²) < 4.78 is 0. The summed E-state index contributed by atoms with van der Waals surface area (Å²) in [4.78, 5) is 20.9. The minimum atomic E-state index is -1.12. The number of unbranched alkanes of at least 4 members (excludes halogenated alkanes) is 7. The van der Waals surface area contributed by atoms with Gasteiger partial charge in [-0.15, -0.1) is 0 Å². The SMILES string of the molecule is CCCCCCCCCCC(C=O)NC(=O)O. The summed E-state index contributed by atoms with van der Waals surface area (Å²) in [5.41, 5.74) is 0. The second-order valence-electron chi connectivity index (χ2n) is 4.46. The lowest BCUT2D eigenvalue weighted by Crippen LogP contribution is -2.34. The molecule has 0 aliphatic carbocycles. The molecule has 1 unspecified atom stereocenters. The molecule has 0 aromatic heterocycles. The van der Waals surface area contributed by atoms with Gasteiger partial charge in [0.25, 0.3) is 0 Å². The van der Waals surface area contributed by atoms with Crippen LogP contribution in [0.3, 0.4) is 0 Å². The van der Waals surface area contributed by atoms with Crippen molar-refractivity contribution in [2.45, 2.75) is 70.8 Å². The van der Waals surface area contributed by atoms with E-state index in [1.165, 1.54) is 38.5 Å². The fourth-order valence-electron chi connectivity index (χ4n) is 1.83. The van der Waals surface area contributed by atoms with Gasteiger partial charge in [0, 0.05) is 0 Å². The highest BCUT2D eigenvalue weighted by molar-refractivity contribution is 5.71. The normalized spacial score (nSPS) is 12.1. The van der Waals surface area contributed by atoms with Crippen LogP contribution in [-0.2, 0) is 4.79 Å². The van der Waals surface area contributed by atoms with E-state index in [2.05, 4.69) is 12.2 Å². The monoisotopic (exact) mass is 243 g/mol. The van der Waals surface area contributed by atoms with Crippen LogP contribution in [0.15, 0.2) is 0 Å². The summed E-state index contributed by atoms with van der Waals surface area (Å²) in [6.07, 6.45) is 9.78. The van der Waals surface area contributed by atoms with Gasteiger partial charge < -0.3 is 15.2 Å². The van der Waals surface area contributed by atoms with Crippen molar-refractivity contribution in [3.8, 4) is 0 Å². The Balaban J connectivity index is 3.31. The van der Waals surface area contributed by atoms with E-state index < -0.39 is 12.1 Å². The minimum absolute atomic E-state index is 0.535. The topological polar surface area (TPSA) is 66.4 Å². The Morgan fingerprint density at radius 3 is 2.12 bits per heavy atom. The number of rotatable bonds is 11. The van der Waals surface area contributed by atoms with Crippen molar-refractivity contribution < 1.29 is 14.7 Å². The van der Waals surface area contributed by atoms with E-state index in [0.717, 1.165) is 12.8 Å². The first kappa shape index (κ1) is 15.9. The maximum atomic E-state index is 10.6. The third-order valence-corrected chi connectivity index (χ3v) is 2.84. The number of carbonyl (C=O) groups excluding carboxylic acids is 1. The molecule has 0 aliphatic rings. The van der Waals surface area contributed by atoms with Crippen molar-refractivity contribution in [2.24, 2.45) is 0 Å². The summed E-state index contributed by atoms with van der Waals surface area (Å²) in [6.45, 7) is 2.20. The fourth-order valence-corrected chi connectivity index (χ4v) is 1.83. The largest absolute Gasteiger partial charge is 0.465 e. The molecule has 0 heterocycles. The van der Waals surface area contributed by atoms with Gasteiger partial charge in [-0.25, -0.2) is 4.79 Å². The highest BCUT2D eigenvalue weighted by Gasteiger charge is 2.08. The molecule has 100 valence electrons. The Kier molecular flexibility index (Phi) is 10.7. The van der Waals surface area contributed by atoms with Crippen LogP contribution < -0.4 is 5.32 Å². The van der Waals surface area contributed by atoms with Crippen LogP contribution in [0.5, 0.6) is 0 Å². The standard InChI is InChI=1S/C13H25NO3/c1-2-3-4-5-6-7-8-9-10-12(11-15)14-13(16)17/h11-12,14H,2-10H2,1H3,(H,16,17). The van der Waals surface area contributed by atoms with Gasteiger partial charge in [-0.1, -0.05) is 58.3 Å². The highest BCUT2D eigenvalue weighted by Crippen LogP contribution is 2.10. The zero-order valence-electron chi connectivity index (χ0n) is 10.8. The summed E-state index contributed by atoms with van der Waals surface area (Å²) in [5.74, 6) is 0. The summed E-state index contributed by atoms with van der Waals surface area (Å²) >= 11 is 0. The molecule has 0 rings (SSSR count). The zero-order chi connectivity index (χ0) is 12.9. The Bertz CT molecular complexity index is 207. The van der Waals surface area contributed by atoms with Crippen LogP contribution in [0.2, 0.25) is 0 Å². The fraction of sp³-hybridized carbons (Fsp3) is 0.846. The van der Waals surface area contributed by atoms with E-state index in [1.54, 1.807) is 0 Å². The van der Waals surface area contributed by atoms with Crippen molar-refractivity contribution in [3.63, 3.8) is 0 Å². The Labute approximate surface area is 104 Å². The molecule has 17 heavy (non-hydrogen) atoms. The van der Waals surface area contributed by atoms with Gasteiger partial charge in [0.15, 0.2) is 0 Å². The molecular weight excluding hydrogens is 218 g/mol. The molecule has 0 aromatic carbocycles.